The summed E-state index contributed by atoms with van der Waals surface area (Å²) in [5.74, 6) is -0.708. The number of alkyl halides is 1. The summed E-state index contributed by atoms with van der Waals surface area (Å²) in [6.07, 6.45) is -1.33. The molecule has 0 radical (unpaired) electrons. The summed E-state index contributed by atoms with van der Waals surface area (Å²) >= 11 is 0. The van der Waals surface area contributed by atoms with E-state index >= 15 is 0 Å². The minimum atomic E-state index is -1.33. The van der Waals surface area contributed by atoms with Gasteiger partial charge in [-0.15, -0.1) is 0 Å². The van der Waals surface area contributed by atoms with Crippen molar-refractivity contribution in [2.45, 2.75) is 6.10 Å². The van der Waals surface area contributed by atoms with Gasteiger partial charge in [0.05, 0.1) is 7.11 Å². The highest BCUT2D eigenvalue weighted by Gasteiger charge is 2.15. The van der Waals surface area contributed by atoms with Gasteiger partial charge in [-0.05, 0) is 6.07 Å². The quantitative estimate of drug-likeness (QED) is 0.784. The number of hydrogen-bond acceptors (Lipinski definition) is 2. The van der Waals surface area contributed by atoms with Crippen molar-refractivity contribution in [3.05, 3.63) is 29.6 Å². The molecule has 1 unspecified atom stereocenters. The van der Waals surface area contributed by atoms with Crippen LogP contribution in [0.25, 0.3) is 0 Å². The number of rotatable bonds is 3. The SMILES string of the molecule is COc1c(F)cccc1C(O)CF. The molecule has 72 valence electrons. The first-order valence-electron chi connectivity index (χ1n) is 3.77. The molecule has 1 atom stereocenters. The van der Waals surface area contributed by atoms with Gasteiger partial charge in [0.15, 0.2) is 11.6 Å². The van der Waals surface area contributed by atoms with E-state index in [0.29, 0.717) is 0 Å². The molecule has 1 aromatic rings. The summed E-state index contributed by atoms with van der Waals surface area (Å²) < 4.78 is 29.8. The van der Waals surface area contributed by atoms with Crippen LogP contribution in [0.15, 0.2) is 18.2 Å². The van der Waals surface area contributed by atoms with Crippen LogP contribution in [0.1, 0.15) is 11.7 Å². The maximum absolute atomic E-state index is 13.0. The molecule has 1 rings (SSSR count). The molecule has 0 aromatic heterocycles. The van der Waals surface area contributed by atoms with Crippen LogP contribution in [-0.2, 0) is 0 Å². The second-order valence-electron chi connectivity index (χ2n) is 2.53. The van der Waals surface area contributed by atoms with Crippen molar-refractivity contribution >= 4 is 0 Å². The lowest BCUT2D eigenvalue weighted by Crippen LogP contribution is -2.03. The van der Waals surface area contributed by atoms with E-state index in [2.05, 4.69) is 0 Å². The summed E-state index contributed by atoms with van der Waals surface area (Å²) in [5, 5.41) is 9.14. The Balaban J connectivity index is 3.12. The Hall–Kier alpha value is -1.16. The van der Waals surface area contributed by atoms with E-state index in [0.717, 1.165) is 0 Å². The number of para-hydroxylation sites is 1. The number of methoxy groups -OCH3 is 1. The summed E-state index contributed by atoms with van der Waals surface area (Å²) in [7, 11) is 1.27. The Morgan fingerprint density at radius 2 is 2.23 bits per heavy atom. The summed E-state index contributed by atoms with van der Waals surface area (Å²) in [5.41, 5.74) is 0.130. The lowest BCUT2D eigenvalue weighted by atomic mass is 10.1. The molecule has 2 nitrogen and oxygen atoms in total. The number of aliphatic hydroxyl groups is 1. The van der Waals surface area contributed by atoms with Crippen molar-refractivity contribution < 1.29 is 18.6 Å². The molecule has 0 saturated carbocycles. The fraction of sp³-hybridized carbons (Fsp3) is 0.333. The molecule has 0 heterocycles. The molecule has 0 aliphatic rings. The molecule has 0 fully saturated rings. The second kappa shape index (κ2) is 4.18. The lowest BCUT2D eigenvalue weighted by molar-refractivity contribution is 0.137. The van der Waals surface area contributed by atoms with E-state index < -0.39 is 18.6 Å². The van der Waals surface area contributed by atoms with Crippen LogP contribution in [0.3, 0.4) is 0 Å². The van der Waals surface area contributed by atoms with Crippen molar-refractivity contribution in [2.24, 2.45) is 0 Å². The van der Waals surface area contributed by atoms with Crippen LogP contribution in [0.4, 0.5) is 8.78 Å². The highest BCUT2D eigenvalue weighted by molar-refractivity contribution is 5.36. The number of hydrogen-bond donors (Lipinski definition) is 1. The standard InChI is InChI=1S/C9H10F2O2/c1-13-9-6(8(12)5-10)3-2-4-7(9)11/h2-4,8,12H,5H2,1H3. The molecule has 0 saturated heterocycles. The van der Waals surface area contributed by atoms with Gasteiger partial charge in [0.1, 0.15) is 12.8 Å². The monoisotopic (exact) mass is 188 g/mol. The molecule has 1 aromatic carbocycles. The largest absolute Gasteiger partial charge is 0.493 e. The normalized spacial score (nSPS) is 12.6. The number of aliphatic hydroxyl groups excluding tert-OH is 1. The van der Waals surface area contributed by atoms with Crippen molar-refractivity contribution in [3.8, 4) is 5.75 Å². The number of halogens is 2. The minimum Gasteiger partial charge on any atom is -0.493 e. The average molecular weight is 188 g/mol. The summed E-state index contributed by atoms with van der Waals surface area (Å²) in [6, 6.07) is 4.01. The molecule has 1 N–H and O–H groups in total. The van der Waals surface area contributed by atoms with Crippen molar-refractivity contribution in [1.82, 2.24) is 0 Å². The van der Waals surface area contributed by atoms with E-state index in [4.69, 9.17) is 9.84 Å². The van der Waals surface area contributed by atoms with Crippen LogP contribution in [0, 0.1) is 5.82 Å². The first-order chi connectivity index (χ1) is 6.20. The van der Waals surface area contributed by atoms with E-state index in [-0.39, 0.29) is 11.3 Å². The van der Waals surface area contributed by atoms with E-state index in [1.807, 2.05) is 0 Å². The second-order valence-corrected chi connectivity index (χ2v) is 2.53. The van der Waals surface area contributed by atoms with Gasteiger partial charge in [-0.3, -0.25) is 0 Å². The fourth-order valence-electron chi connectivity index (χ4n) is 1.09. The molecule has 0 bridgehead atoms. The van der Waals surface area contributed by atoms with Gasteiger partial charge in [0, 0.05) is 5.56 Å². The van der Waals surface area contributed by atoms with Crippen LogP contribution in [-0.4, -0.2) is 18.9 Å². The number of benzene rings is 1. The summed E-state index contributed by atoms with van der Waals surface area (Å²) in [6.45, 7) is -0.959. The van der Waals surface area contributed by atoms with Crippen LogP contribution < -0.4 is 4.74 Å². The Morgan fingerprint density at radius 1 is 1.54 bits per heavy atom. The Labute approximate surface area is 74.8 Å². The third kappa shape index (κ3) is 1.95. The molecule has 4 heteroatoms. The first-order valence-corrected chi connectivity index (χ1v) is 3.77. The smallest absolute Gasteiger partial charge is 0.165 e. The van der Waals surface area contributed by atoms with Crippen LogP contribution in [0.5, 0.6) is 5.75 Å². The maximum Gasteiger partial charge on any atom is 0.165 e. The molecular weight excluding hydrogens is 178 g/mol. The van der Waals surface area contributed by atoms with Gasteiger partial charge in [0.25, 0.3) is 0 Å². The Kier molecular flexibility index (Phi) is 3.19. The zero-order chi connectivity index (χ0) is 9.84. The van der Waals surface area contributed by atoms with E-state index in [1.165, 1.54) is 25.3 Å². The molecule has 0 aliphatic heterocycles. The van der Waals surface area contributed by atoms with Gasteiger partial charge in [-0.25, -0.2) is 8.78 Å². The van der Waals surface area contributed by atoms with E-state index in [1.54, 1.807) is 0 Å². The van der Waals surface area contributed by atoms with Gasteiger partial charge in [-0.2, -0.15) is 0 Å². The molecule has 0 aliphatic carbocycles. The van der Waals surface area contributed by atoms with E-state index in [9.17, 15) is 8.78 Å². The van der Waals surface area contributed by atoms with Crippen molar-refractivity contribution in [3.63, 3.8) is 0 Å². The first kappa shape index (κ1) is 9.92. The van der Waals surface area contributed by atoms with Gasteiger partial charge < -0.3 is 9.84 Å². The van der Waals surface area contributed by atoms with Crippen LogP contribution in [0.2, 0.25) is 0 Å². The fourth-order valence-corrected chi connectivity index (χ4v) is 1.09. The minimum absolute atomic E-state index is 0.104. The molecule has 0 spiro atoms. The third-order valence-corrected chi connectivity index (χ3v) is 1.71. The predicted molar refractivity (Wildman–Crippen MR) is 43.9 cm³/mol. The highest BCUT2D eigenvalue weighted by atomic mass is 19.1. The zero-order valence-corrected chi connectivity index (χ0v) is 7.13. The zero-order valence-electron chi connectivity index (χ0n) is 7.13. The summed E-state index contributed by atoms with van der Waals surface area (Å²) in [4.78, 5) is 0. The predicted octanol–water partition coefficient (Wildman–Crippen LogP) is 1.84. The van der Waals surface area contributed by atoms with Gasteiger partial charge in [-0.1, -0.05) is 12.1 Å². The number of ether oxygens (including phenoxy) is 1. The Morgan fingerprint density at radius 3 is 2.77 bits per heavy atom. The lowest BCUT2D eigenvalue weighted by Gasteiger charge is -2.11. The third-order valence-electron chi connectivity index (χ3n) is 1.71. The van der Waals surface area contributed by atoms with Crippen molar-refractivity contribution in [1.29, 1.82) is 0 Å². The maximum atomic E-state index is 13.0. The Bertz CT molecular complexity index is 289. The highest BCUT2D eigenvalue weighted by Crippen LogP contribution is 2.27. The van der Waals surface area contributed by atoms with Gasteiger partial charge in [0.2, 0.25) is 0 Å². The van der Waals surface area contributed by atoms with Crippen LogP contribution >= 0.6 is 0 Å². The molecular formula is C9H10F2O2. The molecule has 0 amide bonds. The topological polar surface area (TPSA) is 29.5 Å². The van der Waals surface area contributed by atoms with Gasteiger partial charge >= 0.3 is 0 Å². The molecule has 13 heavy (non-hydrogen) atoms. The average Bonchev–Trinajstić information content (AvgIpc) is 2.16. The van der Waals surface area contributed by atoms with Crippen molar-refractivity contribution in [2.75, 3.05) is 13.8 Å².